The minimum atomic E-state index is -0.476. The molecule has 2 amide bonds. The van der Waals surface area contributed by atoms with Crippen LogP contribution in [0.25, 0.3) is 11.4 Å². The average molecular weight is 448 g/mol. The summed E-state index contributed by atoms with van der Waals surface area (Å²) in [4.78, 5) is 26.3. The highest BCUT2D eigenvalue weighted by Gasteiger charge is 2.15. The minimum absolute atomic E-state index is 0.226. The van der Waals surface area contributed by atoms with Crippen LogP contribution in [0, 0.1) is 18.6 Å². The summed E-state index contributed by atoms with van der Waals surface area (Å²) in [6.45, 7) is 1.38. The Hall–Kier alpha value is -4.47. The lowest BCUT2D eigenvalue weighted by molar-refractivity contribution is -0.117. The quantitative estimate of drug-likeness (QED) is 0.467. The number of nitrogens with zero attached hydrogens (tertiary/aromatic N) is 4. The molecule has 10 heteroatoms. The van der Waals surface area contributed by atoms with Crippen LogP contribution in [0.15, 0.2) is 66.7 Å². The Bertz CT molecular complexity index is 1320. The second-order valence-electron chi connectivity index (χ2n) is 7.16. The van der Waals surface area contributed by atoms with Crippen LogP contribution in [0.4, 0.5) is 20.2 Å². The maximum Gasteiger partial charge on any atom is 0.257 e. The number of rotatable bonds is 6. The van der Waals surface area contributed by atoms with Crippen molar-refractivity contribution in [2.45, 2.75) is 13.5 Å². The van der Waals surface area contributed by atoms with Crippen LogP contribution in [0.3, 0.4) is 0 Å². The van der Waals surface area contributed by atoms with Crippen LogP contribution in [-0.2, 0) is 11.3 Å². The van der Waals surface area contributed by atoms with Crippen LogP contribution in [0.1, 0.15) is 15.9 Å². The number of anilines is 2. The Kier molecular flexibility index (Phi) is 6.16. The smallest absolute Gasteiger partial charge is 0.257 e. The van der Waals surface area contributed by atoms with E-state index in [1.807, 2.05) is 0 Å². The number of carbonyl (C=O) groups is 2. The highest BCUT2D eigenvalue weighted by molar-refractivity contribution is 6.10. The number of para-hydroxylation sites is 1. The topological polar surface area (TPSA) is 102 Å². The maximum absolute atomic E-state index is 13.5. The molecule has 1 aromatic heterocycles. The second kappa shape index (κ2) is 9.35. The number of hydrogen-bond donors (Lipinski definition) is 2. The first kappa shape index (κ1) is 21.8. The highest BCUT2D eigenvalue weighted by Crippen LogP contribution is 2.19. The highest BCUT2D eigenvalue weighted by atomic mass is 19.1. The van der Waals surface area contributed by atoms with Crippen molar-refractivity contribution in [1.82, 2.24) is 20.2 Å². The van der Waals surface area contributed by atoms with Gasteiger partial charge in [0.05, 0.1) is 11.3 Å². The fourth-order valence-corrected chi connectivity index (χ4v) is 3.05. The number of hydrogen-bond acceptors (Lipinski definition) is 5. The molecule has 166 valence electrons. The van der Waals surface area contributed by atoms with E-state index in [1.54, 1.807) is 37.3 Å². The Labute approximate surface area is 187 Å². The lowest BCUT2D eigenvalue weighted by atomic mass is 10.1. The second-order valence-corrected chi connectivity index (χ2v) is 7.16. The van der Waals surface area contributed by atoms with E-state index >= 15 is 0 Å². The van der Waals surface area contributed by atoms with Crippen LogP contribution >= 0.6 is 0 Å². The first-order chi connectivity index (χ1) is 15.9. The van der Waals surface area contributed by atoms with Gasteiger partial charge in [-0.2, -0.15) is 4.80 Å². The number of benzene rings is 3. The molecule has 0 aliphatic rings. The molecule has 0 fully saturated rings. The zero-order valence-electron chi connectivity index (χ0n) is 17.4. The SMILES string of the molecule is Cc1cc(-c2nnn(CC(=O)Nc3ccccc3C(=O)Nc3ccc(F)cc3)n2)ccc1F. The normalized spacial score (nSPS) is 10.6. The van der Waals surface area contributed by atoms with E-state index in [2.05, 4.69) is 26.0 Å². The molecule has 0 saturated carbocycles. The molecule has 0 radical (unpaired) electrons. The number of amides is 2. The fourth-order valence-electron chi connectivity index (χ4n) is 3.05. The number of tetrazole rings is 1. The van der Waals surface area contributed by atoms with Gasteiger partial charge in [-0.25, -0.2) is 8.78 Å². The molecule has 0 aliphatic carbocycles. The minimum Gasteiger partial charge on any atom is -0.324 e. The average Bonchev–Trinajstić information content (AvgIpc) is 3.26. The third kappa shape index (κ3) is 5.24. The first-order valence-corrected chi connectivity index (χ1v) is 9.89. The molecule has 0 spiro atoms. The Morgan fingerprint density at radius 2 is 1.73 bits per heavy atom. The Morgan fingerprint density at radius 3 is 2.48 bits per heavy atom. The molecule has 2 N–H and O–H groups in total. The third-order valence-corrected chi connectivity index (χ3v) is 4.70. The number of aryl methyl sites for hydroxylation is 1. The van der Waals surface area contributed by atoms with Gasteiger partial charge < -0.3 is 10.6 Å². The molecule has 0 atom stereocenters. The summed E-state index contributed by atoms with van der Waals surface area (Å²) >= 11 is 0. The number of aromatic nitrogens is 4. The molecule has 33 heavy (non-hydrogen) atoms. The van der Waals surface area contributed by atoms with Gasteiger partial charge in [-0.1, -0.05) is 12.1 Å². The molecule has 0 aliphatic heterocycles. The van der Waals surface area contributed by atoms with Gasteiger partial charge in [0.1, 0.15) is 18.2 Å². The van der Waals surface area contributed by atoms with Gasteiger partial charge in [-0.15, -0.1) is 10.2 Å². The van der Waals surface area contributed by atoms with Crippen molar-refractivity contribution in [2.75, 3.05) is 10.6 Å². The fraction of sp³-hybridized carbons (Fsp3) is 0.0870. The molecular weight excluding hydrogens is 430 g/mol. The van der Waals surface area contributed by atoms with Gasteiger partial charge >= 0.3 is 0 Å². The largest absolute Gasteiger partial charge is 0.324 e. The zero-order valence-corrected chi connectivity index (χ0v) is 17.4. The molecule has 1 heterocycles. The van der Waals surface area contributed by atoms with E-state index in [-0.39, 0.29) is 29.4 Å². The van der Waals surface area contributed by atoms with Crippen molar-refractivity contribution in [3.05, 3.63) is 89.5 Å². The van der Waals surface area contributed by atoms with Crippen molar-refractivity contribution >= 4 is 23.2 Å². The lowest BCUT2D eigenvalue weighted by Crippen LogP contribution is -2.22. The summed E-state index contributed by atoms with van der Waals surface area (Å²) in [5, 5.41) is 17.2. The summed E-state index contributed by atoms with van der Waals surface area (Å²) in [5.74, 6) is -1.45. The van der Waals surface area contributed by atoms with Gasteiger partial charge in [0.25, 0.3) is 5.91 Å². The summed E-state index contributed by atoms with van der Waals surface area (Å²) in [5.41, 5.74) is 1.94. The lowest BCUT2D eigenvalue weighted by Gasteiger charge is -2.11. The van der Waals surface area contributed by atoms with Crippen molar-refractivity contribution in [3.63, 3.8) is 0 Å². The predicted molar refractivity (Wildman–Crippen MR) is 117 cm³/mol. The van der Waals surface area contributed by atoms with Gasteiger partial charge in [0, 0.05) is 11.3 Å². The van der Waals surface area contributed by atoms with Gasteiger partial charge in [-0.05, 0) is 72.3 Å². The molecule has 4 rings (SSSR count). The van der Waals surface area contributed by atoms with Crippen molar-refractivity contribution in [2.24, 2.45) is 0 Å². The summed E-state index contributed by atoms with van der Waals surface area (Å²) < 4.78 is 26.5. The zero-order chi connectivity index (χ0) is 23.4. The van der Waals surface area contributed by atoms with Crippen LogP contribution in [-0.4, -0.2) is 32.0 Å². The Morgan fingerprint density at radius 1 is 0.970 bits per heavy atom. The van der Waals surface area contributed by atoms with E-state index < -0.39 is 17.6 Å². The number of halogens is 2. The molecule has 8 nitrogen and oxygen atoms in total. The van der Waals surface area contributed by atoms with Gasteiger partial charge in [0.15, 0.2) is 0 Å². The summed E-state index contributed by atoms with van der Waals surface area (Å²) in [6, 6.07) is 16.2. The molecule has 0 saturated heterocycles. The first-order valence-electron chi connectivity index (χ1n) is 9.89. The monoisotopic (exact) mass is 448 g/mol. The molecule has 3 aromatic carbocycles. The summed E-state index contributed by atoms with van der Waals surface area (Å²) in [6.07, 6.45) is 0. The van der Waals surface area contributed by atoms with Gasteiger partial charge in [0.2, 0.25) is 11.7 Å². The van der Waals surface area contributed by atoms with Gasteiger partial charge in [-0.3, -0.25) is 9.59 Å². The summed E-state index contributed by atoms with van der Waals surface area (Å²) in [7, 11) is 0. The standard InChI is InChI=1S/C23H18F2N6O2/c1-14-12-15(6-11-19(14)25)22-28-30-31(29-22)13-21(32)27-20-5-3-2-4-18(20)23(33)26-17-9-7-16(24)8-10-17/h2-12H,13H2,1H3,(H,26,33)(H,27,32). The van der Waals surface area contributed by atoms with Crippen molar-refractivity contribution in [3.8, 4) is 11.4 Å². The third-order valence-electron chi connectivity index (χ3n) is 4.70. The molecule has 0 unspecified atom stereocenters. The van der Waals surface area contributed by atoms with Crippen molar-refractivity contribution < 1.29 is 18.4 Å². The van der Waals surface area contributed by atoms with Crippen molar-refractivity contribution in [1.29, 1.82) is 0 Å². The molecular formula is C23H18F2N6O2. The number of carbonyl (C=O) groups excluding carboxylic acids is 2. The molecule has 4 aromatic rings. The van der Waals surface area contributed by atoms with Crippen LogP contribution < -0.4 is 10.6 Å². The predicted octanol–water partition coefficient (Wildman–Crippen LogP) is 3.82. The van der Waals surface area contributed by atoms with E-state index in [9.17, 15) is 18.4 Å². The maximum atomic E-state index is 13.5. The van der Waals surface area contributed by atoms with E-state index in [0.29, 0.717) is 16.8 Å². The van der Waals surface area contributed by atoms with E-state index in [0.717, 1.165) is 4.80 Å². The van der Waals surface area contributed by atoms with E-state index in [1.165, 1.54) is 36.4 Å². The van der Waals surface area contributed by atoms with E-state index in [4.69, 9.17) is 0 Å². The molecule has 0 bridgehead atoms. The Balaban J connectivity index is 1.44. The van der Waals surface area contributed by atoms with Crippen LogP contribution in [0.5, 0.6) is 0 Å². The number of nitrogens with one attached hydrogen (secondary N) is 2. The van der Waals surface area contributed by atoms with Crippen LogP contribution in [0.2, 0.25) is 0 Å².